The molecule has 2 unspecified atom stereocenters. The smallest absolute Gasteiger partial charge is 0.219 e. The van der Waals surface area contributed by atoms with E-state index < -0.39 is 0 Å². The Morgan fingerprint density at radius 2 is 1.73 bits per heavy atom. The van der Waals surface area contributed by atoms with Crippen LogP contribution < -0.4 is 5.32 Å². The summed E-state index contributed by atoms with van der Waals surface area (Å²) in [6.07, 6.45) is 9.49. The Bertz CT molecular complexity index is 950. The molecule has 4 nitrogen and oxygen atoms in total. The second-order valence-corrected chi connectivity index (χ2v) is 8.77. The number of carbonyl (C=O) groups is 1. The molecule has 0 saturated heterocycles. The summed E-state index contributed by atoms with van der Waals surface area (Å²) in [4.78, 5) is 14.3. The summed E-state index contributed by atoms with van der Waals surface area (Å²) in [5.74, 6) is 0.835. The SMILES string of the molecule is C=C(NC(Cc1ccccc1)C(C)CN(Cc1ccccc1)C(C)=O)OCC1=CCCC=C1. The number of allylic oxidation sites excluding steroid dienone is 2. The van der Waals surface area contributed by atoms with Crippen molar-refractivity contribution in [2.45, 2.75) is 45.7 Å². The van der Waals surface area contributed by atoms with Crippen LogP contribution in [0.5, 0.6) is 0 Å². The Hall–Kier alpha value is -3.27. The van der Waals surface area contributed by atoms with Gasteiger partial charge in [0.2, 0.25) is 5.91 Å². The molecule has 1 aliphatic rings. The van der Waals surface area contributed by atoms with E-state index in [0.717, 1.165) is 24.8 Å². The van der Waals surface area contributed by atoms with E-state index in [9.17, 15) is 4.79 Å². The Balaban J connectivity index is 1.66. The van der Waals surface area contributed by atoms with E-state index in [0.29, 0.717) is 25.6 Å². The van der Waals surface area contributed by atoms with E-state index in [2.05, 4.69) is 73.4 Å². The third-order valence-electron chi connectivity index (χ3n) is 5.99. The van der Waals surface area contributed by atoms with Gasteiger partial charge in [0, 0.05) is 26.1 Å². The van der Waals surface area contributed by atoms with E-state index in [1.54, 1.807) is 6.92 Å². The molecule has 174 valence electrons. The highest BCUT2D eigenvalue weighted by molar-refractivity contribution is 5.73. The molecule has 0 fully saturated rings. The molecule has 1 aliphatic carbocycles. The number of hydrogen-bond donors (Lipinski definition) is 1. The van der Waals surface area contributed by atoms with Crippen LogP contribution in [0.25, 0.3) is 0 Å². The van der Waals surface area contributed by atoms with Crippen LogP contribution in [0.3, 0.4) is 0 Å². The normalized spacial score (nSPS) is 14.7. The second kappa shape index (κ2) is 12.7. The van der Waals surface area contributed by atoms with Crippen molar-refractivity contribution in [3.8, 4) is 0 Å². The van der Waals surface area contributed by atoms with Gasteiger partial charge in [0.25, 0.3) is 0 Å². The first-order valence-corrected chi connectivity index (χ1v) is 11.8. The van der Waals surface area contributed by atoms with Crippen molar-refractivity contribution in [2.75, 3.05) is 13.2 Å². The fraction of sp³-hybridized carbons (Fsp3) is 0.345. The van der Waals surface area contributed by atoms with E-state index >= 15 is 0 Å². The lowest BCUT2D eigenvalue weighted by molar-refractivity contribution is -0.130. The predicted molar refractivity (Wildman–Crippen MR) is 135 cm³/mol. The van der Waals surface area contributed by atoms with E-state index in [-0.39, 0.29) is 17.9 Å². The number of rotatable bonds is 12. The highest BCUT2D eigenvalue weighted by atomic mass is 16.5. The third kappa shape index (κ3) is 8.30. The highest BCUT2D eigenvalue weighted by Crippen LogP contribution is 2.17. The van der Waals surface area contributed by atoms with Gasteiger partial charge in [-0.15, -0.1) is 0 Å². The monoisotopic (exact) mass is 444 g/mol. The molecule has 2 aromatic rings. The highest BCUT2D eigenvalue weighted by Gasteiger charge is 2.23. The Morgan fingerprint density at radius 1 is 1.06 bits per heavy atom. The number of ether oxygens (including phenoxy) is 1. The molecular weight excluding hydrogens is 408 g/mol. The van der Waals surface area contributed by atoms with Gasteiger partial charge in [-0.05, 0) is 48.5 Å². The fourth-order valence-corrected chi connectivity index (χ4v) is 4.04. The summed E-state index contributed by atoms with van der Waals surface area (Å²) in [5.41, 5.74) is 3.56. The van der Waals surface area contributed by atoms with Gasteiger partial charge >= 0.3 is 0 Å². The standard InChI is InChI=1S/C29H36N2O2/c1-23(20-31(25(3)32)21-27-15-9-5-10-16-27)29(19-26-13-7-4-8-14-26)30-24(2)33-22-28-17-11-6-12-18-28/h4-5,7-11,13-18,23,29-30H,2,6,12,19-22H2,1,3H3. The quantitative estimate of drug-likeness (QED) is 0.431. The Kier molecular flexibility index (Phi) is 9.37. The average Bonchev–Trinajstić information content (AvgIpc) is 2.84. The molecule has 0 spiro atoms. The van der Waals surface area contributed by atoms with E-state index in [1.165, 1.54) is 11.1 Å². The summed E-state index contributed by atoms with van der Waals surface area (Å²) in [6.45, 7) is 9.72. The van der Waals surface area contributed by atoms with Crippen LogP contribution >= 0.6 is 0 Å². The predicted octanol–water partition coefficient (Wildman–Crippen LogP) is 5.64. The average molecular weight is 445 g/mol. The molecule has 1 amide bonds. The molecular formula is C29H36N2O2. The molecule has 2 aromatic carbocycles. The van der Waals surface area contributed by atoms with Crippen LogP contribution in [0.2, 0.25) is 0 Å². The number of amides is 1. The van der Waals surface area contributed by atoms with Gasteiger partial charge in [0.1, 0.15) is 6.61 Å². The summed E-state index contributed by atoms with van der Waals surface area (Å²) < 4.78 is 5.94. The maximum Gasteiger partial charge on any atom is 0.219 e. The second-order valence-electron chi connectivity index (χ2n) is 8.77. The Labute approximate surface area is 198 Å². The Morgan fingerprint density at radius 3 is 2.33 bits per heavy atom. The third-order valence-corrected chi connectivity index (χ3v) is 5.99. The fourth-order valence-electron chi connectivity index (χ4n) is 4.04. The maximum absolute atomic E-state index is 12.4. The lowest BCUT2D eigenvalue weighted by Crippen LogP contribution is -2.43. The van der Waals surface area contributed by atoms with Crippen LogP contribution in [0, 0.1) is 5.92 Å². The molecule has 0 aliphatic heterocycles. The molecule has 33 heavy (non-hydrogen) atoms. The van der Waals surface area contributed by atoms with Crippen molar-refractivity contribution >= 4 is 5.91 Å². The van der Waals surface area contributed by atoms with Gasteiger partial charge in [-0.1, -0.05) is 85.8 Å². The van der Waals surface area contributed by atoms with Crippen LogP contribution in [-0.4, -0.2) is 30.0 Å². The minimum absolute atomic E-state index is 0.0772. The van der Waals surface area contributed by atoms with Gasteiger partial charge in [0.15, 0.2) is 5.88 Å². The van der Waals surface area contributed by atoms with Crippen LogP contribution in [0.4, 0.5) is 0 Å². The van der Waals surface area contributed by atoms with Crippen molar-refractivity contribution in [1.29, 1.82) is 0 Å². The van der Waals surface area contributed by atoms with Crippen LogP contribution in [0.15, 0.2) is 96.9 Å². The zero-order valence-electron chi connectivity index (χ0n) is 19.9. The van der Waals surface area contributed by atoms with E-state index in [4.69, 9.17) is 4.74 Å². The first kappa shape index (κ1) is 24.4. The number of nitrogens with zero attached hydrogens (tertiary/aromatic N) is 1. The molecule has 0 bridgehead atoms. The van der Waals surface area contributed by atoms with Crippen molar-refractivity contribution in [1.82, 2.24) is 10.2 Å². The number of nitrogens with one attached hydrogen (secondary N) is 1. The molecule has 4 heteroatoms. The number of carbonyl (C=O) groups excluding carboxylic acids is 1. The van der Waals surface area contributed by atoms with Crippen molar-refractivity contribution in [2.24, 2.45) is 5.92 Å². The summed E-state index contributed by atoms with van der Waals surface area (Å²) in [7, 11) is 0. The minimum atomic E-state index is 0.0772. The maximum atomic E-state index is 12.4. The van der Waals surface area contributed by atoms with Crippen molar-refractivity contribution < 1.29 is 9.53 Å². The first-order chi connectivity index (χ1) is 16.0. The molecule has 3 rings (SSSR count). The van der Waals surface area contributed by atoms with Crippen molar-refractivity contribution in [3.05, 3.63) is 108 Å². The van der Waals surface area contributed by atoms with Gasteiger partial charge in [-0.3, -0.25) is 4.79 Å². The van der Waals surface area contributed by atoms with Crippen LogP contribution in [-0.2, 0) is 22.5 Å². The van der Waals surface area contributed by atoms with Crippen molar-refractivity contribution in [3.63, 3.8) is 0 Å². The van der Waals surface area contributed by atoms with E-state index in [1.807, 2.05) is 29.2 Å². The zero-order valence-corrected chi connectivity index (χ0v) is 19.9. The van der Waals surface area contributed by atoms with Gasteiger partial charge in [0.05, 0.1) is 0 Å². The first-order valence-electron chi connectivity index (χ1n) is 11.8. The number of benzene rings is 2. The molecule has 0 heterocycles. The topological polar surface area (TPSA) is 41.6 Å². The lowest BCUT2D eigenvalue weighted by atomic mass is 9.94. The molecule has 0 radical (unpaired) electrons. The van der Waals surface area contributed by atoms with Gasteiger partial charge in [-0.25, -0.2) is 0 Å². The lowest BCUT2D eigenvalue weighted by Gasteiger charge is -2.32. The molecule has 2 atom stereocenters. The van der Waals surface area contributed by atoms with Gasteiger partial charge < -0.3 is 15.0 Å². The summed E-state index contributed by atoms with van der Waals surface area (Å²) >= 11 is 0. The zero-order chi connectivity index (χ0) is 23.5. The van der Waals surface area contributed by atoms with Gasteiger partial charge in [-0.2, -0.15) is 0 Å². The van der Waals surface area contributed by atoms with Crippen LogP contribution in [0.1, 0.15) is 37.8 Å². The molecule has 1 N–H and O–H groups in total. The minimum Gasteiger partial charge on any atom is -0.475 e. The number of hydrogen-bond acceptors (Lipinski definition) is 3. The largest absolute Gasteiger partial charge is 0.475 e. The molecule has 0 saturated carbocycles. The summed E-state index contributed by atoms with van der Waals surface area (Å²) in [6, 6.07) is 20.6. The molecule has 0 aromatic heterocycles. The summed E-state index contributed by atoms with van der Waals surface area (Å²) in [5, 5.41) is 3.51.